The van der Waals surface area contributed by atoms with E-state index in [0.29, 0.717) is 34.0 Å². The zero-order valence-electron chi connectivity index (χ0n) is 18.7. The molecule has 0 fully saturated rings. The molecule has 0 aliphatic carbocycles. The van der Waals surface area contributed by atoms with Gasteiger partial charge in [0.05, 0.1) is 23.6 Å². The molecule has 0 saturated carbocycles. The first kappa shape index (κ1) is 22.7. The minimum atomic E-state index is -0.699. The van der Waals surface area contributed by atoms with Gasteiger partial charge in [-0.3, -0.25) is 14.5 Å². The highest BCUT2D eigenvalue weighted by molar-refractivity contribution is 9.10. The molecule has 0 spiro atoms. The summed E-state index contributed by atoms with van der Waals surface area (Å²) in [6.45, 7) is 4.68. The van der Waals surface area contributed by atoms with Crippen molar-refractivity contribution in [3.63, 3.8) is 0 Å². The largest absolute Gasteiger partial charge is 0.494 e. The first-order chi connectivity index (χ1) is 16.5. The minimum absolute atomic E-state index is 0.0388. The molecule has 0 saturated heterocycles. The molecule has 2 aromatic carbocycles. The summed E-state index contributed by atoms with van der Waals surface area (Å²) in [5.74, 6) is 0.315. The zero-order valence-corrected chi connectivity index (χ0v) is 21.1. The number of fused-ring (bicyclic) bond motifs is 2. The number of benzene rings is 2. The SMILES string of the molecule is CCCOc1cccc(C2c3c(oc4ccc(Br)cc4c3=O)C(=O)N2c2nnc(CCC)s2)c1. The molecule has 5 rings (SSSR count). The Hall–Kier alpha value is -3.04. The highest BCUT2D eigenvalue weighted by Crippen LogP contribution is 2.43. The Morgan fingerprint density at radius 3 is 2.76 bits per heavy atom. The van der Waals surface area contributed by atoms with Crippen molar-refractivity contribution >= 4 is 49.3 Å². The molecule has 0 radical (unpaired) electrons. The number of amides is 1. The van der Waals surface area contributed by atoms with Crippen molar-refractivity contribution in [3.8, 4) is 5.75 Å². The number of nitrogens with zero attached hydrogens (tertiary/aromatic N) is 3. The lowest BCUT2D eigenvalue weighted by atomic mass is 9.98. The smallest absolute Gasteiger partial charge is 0.297 e. The van der Waals surface area contributed by atoms with Crippen LogP contribution < -0.4 is 15.1 Å². The van der Waals surface area contributed by atoms with E-state index < -0.39 is 11.9 Å². The predicted octanol–water partition coefficient (Wildman–Crippen LogP) is 5.90. The number of rotatable bonds is 7. The highest BCUT2D eigenvalue weighted by atomic mass is 79.9. The number of hydrogen-bond donors (Lipinski definition) is 0. The van der Waals surface area contributed by atoms with Gasteiger partial charge in [0.2, 0.25) is 10.9 Å². The molecule has 1 aliphatic rings. The molecule has 174 valence electrons. The van der Waals surface area contributed by atoms with Gasteiger partial charge in [0.1, 0.15) is 16.3 Å². The summed E-state index contributed by atoms with van der Waals surface area (Å²) in [5.41, 5.74) is 1.17. The Morgan fingerprint density at radius 2 is 1.97 bits per heavy atom. The third-order valence-electron chi connectivity index (χ3n) is 5.60. The van der Waals surface area contributed by atoms with Crippen molar-refractivity contribution in [1.82, 2.24) is 10.2 Å². The van der Waals surface area contributed by atoms with Gasteiger partial charge in [-0.15, -0.1) is 10.2 Å². The number of carbonyl (C=O) groups excluding carboxylic acids is 1. The van der Waals surface area contributed by atoms with Crippen LogP contribution in [0.4, 0.5) is 5.13 Å². The van der Waals surface area contributed by atoms with Crippen LogP contribution in [0.3, 0.4) is 0 Å². The minimum Gasteiger partial charge on any atom is -0.494 e. The number of anilines is 1. The van der Waals surface area contributed by atoms with Gasteiger partial charge in [-0.2, -0.15) is 0 Å². The van der Waals surface area contributed by atoms with Crippen LogP contribution >= 0.6 is 27.3 Å². The Labute approximate surface area is 208 Å². The first-order valence-electron chi connectivity index (χ1n) is 11.2. The summed E-state index contributed by atoms with van der Waals surface area (Å²) < 4.78 is 12.6. The maximum atomic E-state index is 13.7. The van der Waals surface area contributed by atoms with Crippen molar-refractivity contribution < 1.29 is 13.9 Å². The number of hydrogen-bond acceptors (Lipinski definition) is 7. The van der Waals surface area contributed by atoms with E-state index in [1.165, 1.54) is 16.2 Å². The van der Waals surface area contributed by atoms with Crippen LogP contribution in [0, 0.1) is 0 Å². The number of aromatic nitrogens is 2. The van der Waals surface area contributed by atoms with Gasteiger partial charge in [0.25, 0.3) is 5.91 Å². The lowest BCUT2D eigenvalue weighted by molar-refractivity contribution is 0.0970. The normalized spacial score (nSPS) is 15.2. The van der Waals surface area contributed by atoms with Crippen LogP contribution in [-0.4, -0.2) is 22.7 Å². The Kier molecular flexibility index (Phi) is 6.22. The summed E-state index contributed by atoms with van der Waals surface area (Å²) in [7, 11) is 0. The standard InChI is InChI=1S/C25H22BrN3O4S/c1-3-6-19-27-28-25(34-19)29-21(14-7-5-8-16(12-14)32-11-4-2)20-22(30)17-13-15(26)9-10-18(17)33-23(20)24(29)31/h5,7-10,12-13,21H,3-4,6,11H2,1-2H3. The molecular formula is C25H22BrN3O4S. The van der Waals surface area contributed by atoms with Crippen LogP contribution in [0.25, 0.3) is 11.0 Å². The van der Waals surface area contributed by atoms with Gasteiger partial charge in [0.15, 0.2) is 5.43 Å². The van der Waals surface area contributed by atoms with E-state index >= 15 is 0 Å². The topological polar surface area (TPSA) is 85.5 Å². The summed E-state index contributed by atoms with van der Waals surface area (Å²) in [6, 6.07) is 12.0. The number of halogens is 1. The van der Waals surface area contributed by atoms with Crippen molar-refractivity contribution in [2.45, 2.75) is 39.2 Å². The van der Waals surface area contributed by atoms with Crippen molar-refractivity contribution in [3.05, 3.63) is 79.1 Å². The van der Waals surface area contributed by atoms with Gasteiger partial charge in [0, 0.05) is 10.9 Å². The maximum Gasteiger partial charge on any atom is 0.297 e. The van der Waals surface area contributed by atoms with Crippen LogP contribution in [-0.2, 0) is 6.42 Å². The predicted molar refractivity (Wildman–Crippen MR) is 135 cm³/mol. The van der Waals surface area contributed by atoms with Crippen LogP contribution in [0.15, 0.2) is 56.1 Å². The molecule has 1 unspecified atom stereocenters. The quantitative estimate of drug-likeness (QED) is 0.290. The molecule has 7 nitrogen and oxygen atoms in total. The molecule has 4 aromatic rings. The highest BCUT2D eigenvalue weighted by Gasteiger charge is 2.45. The fraction of sp³-hybridized carbons (Fsp3) is 0.280. The summed E-state index contributed by atoms with van der Waals surface area (Å²) in [6.07, 6.45) is 2.56. The van der Waals surface area contributed by atoms with Gasteiger partial charge in [-0.05, 0) is 48.7 Å². The summed E-state index contributed by atoms with van der Waals surface area (Å²) in [4.78, 5) is 28.9. The monoisotopic (exact) mass is 539 g/mol. The fourth-order valence-electron chi connectivity index (χ4n) is 4.11. The van der Waals surface area contributed by atoms with E-state index in [-0.39, 0.29) is 11.2 Å². The van der Waals surface area contributed by atoms with Gasteiger partial charge in [-0.1, -0.05) is 53.2 Å². The zero-order chi connectivity index (χ0) is 23.8. The molecule has 34 heavy (non-hydrogen) atoms. The average molecular weight is 540 g/mol. The second-order valence-corrected chi connectivity index (χ2v) is 10.00. The molecular weight excluding hydrogens is 518 g/mol. The summed E-state index contributed by atoms with van der Waals surface area (Å²) >= 11 is 4.79. The molecule has 3 heterocycles. The molecule has 9 heteroatoms. The molecule has 0 bridgehead atoms. The van der Waals surface area contributed by atoms with Crippen molar-refractivity contribution in [1.29, 1.82) is 0 Å². The Balaban J connectivity index is 1.72. The first-order valence-corrected chi connectivity index (χ1v) is 12.8. The molecule has 1 aliphatic heterocycles. The Morgan fingerprint density at radius 1 is 1.12 bits per heavy atom. The lowest BCUT2D eigenvalue weighted by Crippen LogP contribution is -2.29. The maximum absolute atomic E-state index is 13.7. The van der Waals surface area contributed by atoms with E-state index in [1.54, 1.807) is 18.2 Å². The number of carbonyl (C=O) groups is 1. The van der Waals surface area contributed by atoms with E-state index in [4.69, 9.17) is 9.15 Å². The molecule has 1 amide bonds. The lowest BCUT2D eigenvalue weighted by Gasteiger charge is -2.22. The van der Waals surface area contributed by atoms with E-state index in [0.717, 1.165) is 34.3 Å². The second kappa shape index (κ2) is 9.31. The Bertz CT molecular complexity index is 1450. The third kappa shape index (κ3) is 3.92. The van der Waals surface area contributed by atoms with E-state index in [9.17, 15) is 9.59 Å². The second-order valence-electron chi connectivity index (χ2n) is 8.04. The third-order valence-corrected chi connectivity index (χ3v) is 7.08. The van der Waals surface area contributed by atoms with Crippen molar-refractivity contribution in [2.75, 3.05) is 11.5 Å². The number of aryl methyl sites for hydroxylation is 1. The fourth-order valence-corrected chi connectivity index (χ4v) is 5.44. The van der Waals surface area contributed by atoms with Crippen LogP contribution in [0.1, 0.15) is 59.4 Å². The van der Waals surface area contributed by atoms with Crippen LogP contribution in [0.2, 0.25) is 0 Å². The van der Waals surface area contributed by atoms with Gasteiger partial charge in [-0.25, -0.2) is 0 Å². The molecule has 0 N–H and O–H groups in total. The molecule has 2 aromatic heterocycles. The van der Waals surface area contributed by atoms with Crippen molar-refractivity contribution in [2.24, 2.45) is 0 Å². The molecule has 1 atom stereocenters. The average Bonchev–Trinajstić information content (AvgIpc) is 3.41. The van der Waals surface area contributed by atoms with Gasteiger partial charge < -0.3 is 9.15 Å². The number of ether oxygens (including phenoxy) is 1. The van der Waals surface area contributed by atoms with E-state index in [1.807, 2.05) is 31.2 Å². The van der Waals surface area contributed by atoms with Gasteiger partial charge >= 0.3 is 0 Å². The van der Waals surface area contributed by atoms with E-state index in [2.05, 4.69) is 33.1 Å². The van der Waals surface area contributed by atoms with Crippen LogP contribution in [0.5, 0.6) is 5.75 Å². The summed E-state index contributed by atoms with van der Waals surface area (Å²) in [5, 5.41) is 10.3.